The third-order valence-corrected chi connectivity index (χ3v) is 2.84. The summed E-state index contributed by atoms with van der Waals surface area (Å²) < 4.78 is 10.3. The number of carbonyl (C=O) groups is 1. The van der Waals surface area contributed by atoms with Gasteiger partial charge in [0.25, 0.3) is 5.91 Å². The Morgan fingerprint density at radius 2 is 2.20 bits per heavy atom. The average Bonchev–Trinajstić information content (AvgIpc) is 2.98. The summed E-state index contributed by atoms with van der Waals surface area (Å²) in [6.07, 6.45) is 1.54. The first-order chi connectivity index (χ1) is 9.61. The Hall–Kier alpha value is -2.27. The number of furan rings is 1. The van der Waals surface area contributed by atoms with Gasteiger partial charge < -0.3 is 9.15 Å². The van der Waals surface area contributed by atoms with E-state index in [1.807, 2.05) is 0 Å². The predicted octanol–water partition coefficient (Wildman–Crippen LogP) is 3.10. The number of amides is 1. The Kier molecular flexibility index (Phi) is 4.42. The summed E-state index contributed by atoms with van der Waals surface area (Å²) in [5.74, 6) is 0.608. The molecule has 1 aromatic heterocycles. The number of hydrazone groups is 1. The van der Waals surface area contributed by atoms with E-state index in [0.717, 1.165) is 0 Å². The number of nitrogens with one attached hydrogen (secondary N) is 1. The number of nitrogens with zero attached hydrogens (tertiary/aromatic N) is 1. The maximum atomic E-state index is 12.1. The van der Waals surface area contributed by atoms with Gasteiger partial charge in [0.15, 0.2) is 0 Å². The van der Waals surface area contributed by atoms with Crippen LogP contribution < -0.4 is 10.2 Å². The van der Waals surface area contributed by atoms with Crippen LogP contribution in [0.25, 0.3) is 0 Å². The van der Waals surface area contributed by atoms with Gasteiger partial charge >= 0.3 is 0 Å². The number of ether oxygens (including phenoxy) is 1. The lowest BCUT2D eigenvalue weighted by Gasteiger charge is -2.07. The zero-order chi connectivity index (χ0) is 14.5. The first kappa shape index (κ1) is 14.1. The topological polar surface area (TPSA) is 63.8 Å². The zero-order valence-corrected chi connectivity index (χ0v) is 11.8. The molecule has 104 valence electrons. The molecule has 2 aromatic rings. The van der Waals surface area contributed by atoms with Crippen molar-refractivity contribution in [3.8, 4) is 5.75 Å². The molecule has 1 amide bonds. The lowest BCUT2D eigenvalue weighted by atomic mass is 10.2. The summed E-state index contributed by atoms with van der Waals surface area (Å²) >= 11 is 5.88. The smallest absolute Gasteiger partial charge is 0.275 e. The Balaban J connectivity index is 2.16. The highest BCUT2D eigenvalue weighted by Crippen LogP contribution is 2.22. The highest BCUT2D eigenvalue weighted by atomic mass is 35.5. The van der Waals surface area contributed by atoms with Crippen molar-refractivity contribution in [2.24, 2.45) is 5.10 Å². The fraction of sp³-hybridized carbons (Fsp3) is 0.143. The largest absolute Gasteiger partial charge is 0.496 e. The number of hydrogen-bond donors (Lipinski definition) is 1. The van der Waals surface area contributed by atoms with E-state index in [1.165, 1.54) is 19.4 Å². The second-order valence-corrected chi connectivity index (χ2v) is 4.40. The molecule has 1 N–H and O–H groups in total. The number of halogens is 1. The van der Waals surface area contributed by atoms with E-state index in [0.29, 0.717) is 27.8 Å². The fourth-order valence-electron chi connectivity index (χ4n) is 1.59. The molecule has 0 spiro atoms. The Morgan fingerprint density at radius 1 is 1.40 bits per heavy atom. The van der Waals surface area contributed by atoms with Crippen LogP contribution >= 0.6 is 11.6 Å². The van der Waals surface area contributed by atoms with Gasteiger partial charge in [-0.2, -0.15) is 5.10 Å². The summed E-state index contributed by atoms with van der Waals surface area (Å²) in [6, 6.07) is 8.30. The summed E-state index contributed by atoms with van der Waals surface area (Å²) in [6.45, 7) is 1.73. The highest BCUT2D eigenvalue weighted by molar-refractivity contribution is 6.31. The molecule has 1 heterocycles. The van der Waals surface area contributed by atoms with Gasteiger partial charge in [0, 0.05) is 5.02 Å². The Bertz CT molecular complexity index is 636. The molecular formula is C14H13ClN2O3. The van der Waals surface area contributed by atoms with Crippen molar-refractivity contribution < 1.29 is 13.9 Å². The molecule has 0 atom stereocenters. The third-order valence-electron chi connectivity index (χ3n) is 2.61. The van der Waals surface area contributed by atoms with Gasteiger partial charge in [-0.15, -0.1) is 0 Å². The SMILES string of the molecule is COc1ccc(Cl)cc1C(=O)NN=C(C)c1ccco1. The monoisotopic (exact) mass is 292 g/mol. The van der Waals surface area contributed by atoms with E-state index in [4.69, 9.17) is 20.8 Å². The minimum Gasteiger partial charge on any atom is -0.496 e. The van der Waals surface area contributed by atoms with Crippen LogP contribution in [0.15, 0.2) is 46.1 Å². The van der Waals surface area contributed by atoms with Crippen LogP contribution in [0.5, 0.6) is 5.75 Å². The van der Waals surface area contributed by atoms with Gasteiger partial charge in [0.05, 0.1) is 18.9 Å². The standard InChI is InChI=1S/C14H13ClN2O3/c1-9(12-4-3-7-20-12)16-17-14(18)11-8-10(15)5-6-13(11)19-2/h3-8H,1-2H3,(H,17,18). The van der Waals surface area contributed by atoms with Gasteiger partial charge in [-0.1, -0.05) is 11.6 Å². The van der Waals surface area contributed by atoms with Gasteiger partial charge in [0.1, 0.15) is 17.2 Å². The van der Waals surface area contributed by atoms with E-state index in [-0.39, 0.29) is 0 Å². The molecule has 6 heteroatoms. The fourth-order valence-corrected chi connectivity index (χ4v) is 1.76. The van der Waals surface area contributed by atoms with Crippen molar-refractivity contribution in [3.63, 3.8) is 0 Å². The van der Waals surface area contributed by atoms with E-state index in [1.54, 1.807) is 31.2 Å². The predicted molar refractivity (Wildman–Crippen MR) is 76.4 cm³/mol. The summed E-state index contributed by atoms with van der Waals surface area (Å²) in [4.78, 5) is 12.1. The third kappa shape index (κ3) is 3.19. The maximum Gasteiger partial charge on any atom is 0.275 e. The molecule has 0 saturated heterocycles. The first-order valence-electron chi connectivity index (χ1n) is 5.84. The second-order valence-electron chi connectivity index (χ2n) is 3.96. The van der Waals surface area contributed by atoms with Crippen LogP contribution in [0.1, 0.15) is 23.0 Å². The molecule has 0 unspecified atom stereocenters. The van der Waals surface area contributed by atoms with Crippen molar-refractivity contribution in [1.29, 1.82) is 0 Å². The average molecular weight is 293 g/mol. The van der Waals surface area contributed by atoms with Crippen LogP contribution in [0.2, 0.25) is 5.02 Å². The van der Waals surface area contributed by atoms with E-state index in [2.05, 4.69) is 10.5 Å². The van der Waals surface area contributed by atoms with Crippen LogP contribution in [0, 0.1) is 0 Å². The van der Waals surface area contributed by atoms with Gasteiger partial charge in [-0.05, 0) is 37.3 Å². The normalized spacial score (nSPS) is 11.2. The van der Waals surface area contributed by atoms with Crippen molar-refractivity contribution in [2.45, 2.75) is 6.92 Å². The van der Waals surface area contributed by atoms with Crippen molar-refractivity contribution >= 4 is 23.2 Å². The van der Waals surface area contributed by atoms with E-state index < -0.39 is 5.91 Å². The highest BCUT2D eigenvalue weighted by Gasteiger charge is 2.12. The molecule has 0 aliphatic heterocycles. The van der Waals surface area contributed by atoms with Gasteiger partial charge in [-0.3, -0.25) is 4.79 Å². The summed E-state index contributed by atoms with van der Waals surface area (Å²) in [5, 5.41) is 4.42. The zero-order valence-electron chi connectivity index (χ0n) is 11.0. The molecule has 20 heavy (non-hydrogen) atoms. The lowest BCUT2D eigenvalue weighted by Crippen LogP contribution is -2.20. The molecule has 0 bridgehead atoms. The molecule has 0 radical (unpaired) electrons. The Labute approximate surface area is 121 Å². The number of methoxy groups -OCH3 is 1. The molecule has 2 rings (SSSR count). The molecule has 5 nitrogen and oxygen atoms in total. The van der Waals surface area contributed by atoms with E-state index >= 15 is 0 Å². The van der Waals surface area contributed by atoms with Crippen LogP contribution in [-0.2, 0) is 0 Å². The number of benzene rings is 1. The van der Waals surface area contributed by atoms with Gasteiger partial charge in [-0.25, -0.2) is 5.43 Å². The number of hydrogen-bond acceptors (Lipinski definition) is 4. The molecule has 0 aliphatic carbocycles. The van der Waals surface area contributed by atoms with Crippen LogP contribution in [0.3, 0.4) is 0 Å². The van der Waals surface area contributed by atoms with Crippen LogP contribution in [0.4, 0.5) is 0 Å². The molecule has 0 saturated carbocycles. The minimum absolute atomic E-state index is 0.316. The minimum atomic E-state index is -0.407. The second kappa shape index (κ2) is 6.25. The molecular weight excluding hydrogens is 280 g/mol. The molecule has 0 aliphatic rings. The number of carbonyl (C=O) groups excluding carboxylic acids is 1. The van der Waals surface area contributed by atoms with Crippen molar-refractivity contribution in [1.82, 2.24) is 5.43 Å². The first-order valence-corrected chi connectivity index (χ1v) is 6.21. The van der Waals surface area contributed by atoms with Crippen molar-refractivity contribution in [3.05, 3.63) is 52.9 Å². The van der Waals surface area contributed by atoms with Crippen LogP contribution in [-0.4, -0.2) is 18.7 Å². The number of rotatable bonds is 4. The van der Waals surface area contributed by atoms with E-state index in [9.17, 15) is 4.79 Å². The summed E-state index contributed by atoms with van der Waals surface area (Å²) in [7, 11) is 1.48. The molecule has 0 fully saturated rings. The summed E-state index contributed by atoms with van der Waals surface area (Å²) in [5.41, 5.74) is 3.31. The lowest BCUT2D eigenvalue weighted by molar-refractivity contribution is 0.0952. The van der Waals surface area contributed by atoms with Gasteiger partial charge in [0.2, 0.25) is 0 Å². The van der Waals surface area contributed by atoms with Crippen molar-refractivity contribution in [2.75, 3.05) is 7.11 Å². The molecule has 1 aromatic carbocycles. The Morgan fingerprint density at radius 3 is 2.85 bits per heavy atom. The maximum absolute atomic E-state index is 12.1. The quantitative estimate of drug-likeness (QED) is 0.695.